The molecule has 0 atom stereocenters. The molecular weight excluding hydrogens is 198 g/mol. The van der Waals surface area contributed by atoms with Gasteiger partial charge in [-0.25, -0.2) is 0 Å². The molecule has 0 fully saturated rings. The lowest BCUT2D eigenvalue weighted by Crippen LogP contribution is -2.45. The minimum absolute atomic E-state index is 0.0233. The fourth-order valence-electron chi connectivity index (χ4n) is 2.46. The Labute approximate surface area is 99.0 Å². The second kappa shape index (κ2) is 4.86. The van der Waals surface area contributed by atoms with Crippen LogP contribution in [0.1, 0.15) is 41.5 Å². The maximum absolute atomic E-state index is 12.5. The monoisotopic (exact) mass is 221 g/mol. The van der Waals surface area contributed by atoms with Crippen molar-refractivity contribution in [2.45, 2.75) is 53.6 Å². The summed E-state index contributed by atoms with van der Waals surface area (Å²) in [5, 5.41) is 0. The van der Waals surface area contributed by atoms with Crippen molar-refractivity contribution in [2.75, 3.05) is 0 Å². The number of rotatable bonds is 3. The number of allylic oxidation sites excluding steroid dienone is 2. The van der Waals surface area contributed by atoms with Crippen molar-refractivity contribution < 1.29 is 4.79 Å². The van der Waals surface area contributed by atoms with Gasteiger partial charge in [0.15, 0.2) is 0 Å². The summed E-state index contributed by atoms with van der Waals surface area (Å²) < 4.78 is 0. The van der Waals surface area contributed by atoms with Crippen LogP contribution in [0.4, 0.5) is 0 Å². The van der Waals surface area contributed by atoms with Gasteiger partial charge in [-0.2, -0.15) is 0 Å². The molecule has 0 saturated heterocycles. The van der Waals surface area contributed by atoms with Crippen molar-refractivity contribution in [3.8, 4) is 0 Å². The number of hydrogen-bond acceptors (Lipinski definition) is 1. The molecule has 0 N–H and O–H groups in total. The summed E-state index contributed by atoms with van der Waals surface area (Å²) in [5.41, 5.74) is 2.32. The predicted molar refractivity (Wildman–Crippen MR) is 68.1 cm³/mol. The first-order valence-corrected chi connectivity index (χ1v) is 6.03. The zero-order valence-corrected chi connectivity index (χ0v) is 11.2. The molecule has 90 valence electrons. The molecule has 0 aromatic rings. The lowest BCUT2D eigenvalue weighted by Gasteiger charge is -2.34. The largest absolute Gasteiger partial charge is 0.337 e. The maximum Gasteiger partial charge on any atom is 0.234 e. The smallest absolute Gasteiger partial charge is 0.234 e. The zero-order chi connectivity index (χ0) is 12.5. The highest BCUT2D eigenvalue weighted by atomic mass is 16.2. The van der Waals surface area contributed by atoms with E-state index in [0.717, 1.165) is 11.1 Å². The summed E-state index contributed by atoms with van der Waals surface area (Å²) in [6.45, 7) is 12.4. The number of carbonyl (C=O) groups is 1. The Bertz CT molecular complexity index is 311. The Morgan fingerprint density at radius 1 is 1.06 bits per heavy atom. The Balaban J connectivity index is 2.92. The van der Waals surface area contributed by atoms with Gasteiger partial charge in [-0.3, -0.25) is 4.79 Å². The van der Waals surface area contributed by atoms with Gasteiger partial charge in [-0.1, -0.05) is 23.3 Å². The average molecular weight is 221 g/mol. The molecule has 0 aromatic heterocycles. The van der Waals surface area contributed by atoms with Crippen LogP contribution in [0, 0.1) is 5.92 Å². The van der Waals surface area contributed by atoms with E-state index >= 15 is 0 Å². The van der Waals surface area contributed by atoms with Gasteiger partial charge < -0.3 is 4.90 Å². The predicted octanol–water partition coefficient (Wildman–Crippen LogP) is 3.15. The van der Waals surface area contributed by atoms with Crippen molar-refractivity contribution >= 4 is 5.91 Å². The van der Waals surface area contributed by atoms with E-state index in [-0.39, 0.29) is 23.9 Å². The first kappa shape index (κ1) is 13.0. The molecule has 0 saturated carbocycles. The first-order chi connectivity index (χ1) is 7.36. The van der Waals surface area contributed by atoms with E-state index in [2.05, 4.69) is 39.8 Å². The standard InChI is InChI=1S/C14H23NO/c1-9(2)15(10(3)4)14(16)13-11(5)7-8-12(13)6/h7-10,13H,1-6H3. The van der Waals surface area contributed by atoms with E-state index in [1.165, 1.54) is 0 Å². The topological polar surface area (TPSA) is 20.3 Å². The molecule has 0 spiro atoms. The minimum atomic E-state index is -0.0233. The van der Waals surface area contributed by atoms with Gasteiger partial charge in [0.05, 0.1) is 5.92 Å². The van der Waals surface area contributed by atoms with Crippen LogP contribution in [-0.4, -0.2) is 22.9 Å². The van der Waals surface area contributed by atoms with Gasteiger partial charge in [-0.15, -0.1) is 0 Å². The summed E-state index contributed by atoms with van der Waals surface area (Å²) in [4.78, 5) is 14.5. The van der Waals surface area contributed by atoms with Crippen LogP contribution < -0.4 is 0 Å². The van der Waals surface area contributed by atoms with Gasteiger partial charge in [0, 0.05) is 12.1 Å². The lowest BCUT2D eigenvalue weighted by atomic mass is 9.95. The summed E-state index contributed by atoms with van der Waals surface area (Å²) in [5.74, 6) is 0.217. The van der Waals surface area contributed by atoms with Crippen LogP contribution in [0.3, 0.4) is 0 Å². The highest BCUT2D eigenvalue weighted by Gasteiger charge is 2.31. The van der Waals surface area contributed by atoms with E-state index < -0.39 is 0 Å². The van der Waals surface area contributed by atoms with E-state index in [1.807, 2.05) is 18.7 Å². The van der Waals surface area contributed by atoms with Gasteiger partial charge in [0.1, 0.15) is 0 Å². The Kier molecular flexibility index (Phi) is 3.95. The van der Waals surface area contributed by atoms with Crippen molar-refractivity contribution in [1.29, 1.82) is 0 Å². The van der Waals surface area contributed by atoms with E-state index in [4.69, 9.17) is 0 Å². The number of hydrogen-bond donors (Lipinski definition) is 0. The maximum atomic E-state index is 12.5. The number of carbonyl (C=O) groups excluding carboxylic acids is 1. The fourth-order valence-corrected chi connectivity index (χ4v) is 2.46. The molecule has 16 heavy (non-hydrogen) atoms. The Morgan fingerprint density at radius 2 is 1.44 bits per heavy atom. The Hall–Kier alpha value is -1.05. The molecule has 1 rings (SSSR count). The SMILES string of the molecule is CC1=CC=C(C)C1C(=O)N(C(C)C)C(C)C. The highest BCUT2D eigenvalue weighted by Crippen LogP contribution is 2.29. The second-order valence-corrected chi connectivity index (χ2v) is 5.19. The van der Waals surface area contributed by atoms with Gasteiger partial charge in [0.25, 0.3) is 0 Å². The van der Waals surface area contributed by atoms with Gasteiger partial charge in [0.2, 0.25) is 5.91 Å². The zero-order valence-electron chi connectivity index (χ0n) is 11.2. The van der Waals surface area contributed by atoms with E-state index in [1.54, 1.807) is 0 Å². The molecule has 0 aromatic carbocycles. The van der Waals surface area contributed by atoms with Crippen LogP contribution in [0.2, 0.25) is 0 Å². The second-order valence-electron chi connectivity index (χ2n) is 5.19. The first-order valence-electron chi connectivity index (χ1n) is 6.03. The molecule has 2 nitrogen and oxygen atoms in total. The van der Waals surface area contributed by atoms with Crippen LogP contribution >= 0.6 is 0 Å². The molecule has 1 aliphatic carbocycles. The molecule has 0 aliphatic heterocycles. The molecule has 0 bridgehead atoms. The summed E-state index contributed by atoms with van der Waals surface area (Å²) in [6.07, 6.45) is 4.10. The highest BCUT2D eigenvalue weighted by molar-refractivity contribution is 5.86. The Morgan fingerprint density at radius 3 is 1.75 bits per heavy atom. The van der Waals surface area contributed by atoms with Crippen LogP contribution in [0.15, 0.2) is 23.3 Å². The van der Waals surface area contributed by atoms with Gasteiger partial charge in [-0.05, 0) is 41.5 Å². The third-order valence-corrected chi connectivity index (χ3v) is 3.13. The van der Waals surface area contributed by atoms with E-state index in [9.17, 15) is 4.79 Å². The van der Waals surface area contributed by atoms with Crippen molar-refractivity contribution in [2.24, 2.45) is 5.92 Å². The fraction of sp³-hybridized carbons (Fsp3) is 0.643. The molecular formula is C14H23NO. The van der Waals surface area contributed by atoms with Crippen molar-refractivity contribution in [1.82, 2.24) is 4.90 Å². The molecule has 1 aliphatic rings. The quantitative estimate of drug-likeness (QED) is 0.717. The summed E-state index contributed by atoms with van der Waals surface area (Å²) in [7, 11) is 0. The summed E-state index contributed by atoms with van der Waals surface area (Å²) in [6, 6.07) is 0.516. The van der Waals surface area contributed by atoms with Crippen LogP contribution in [0.5, 0.6) is 0 Å². The van der Waals surface area contributed by atoms with Gasteiger partial charge >= 0.3 is 0 Å². The van der Waals surface area contributed by atoms with Crippen LogP contribution in [-0.2, 0) is 4.79 Å². The van der Waals surface area contributed by atoms with E-state index in [0.29, 0.717) is 0 Å². The number of amides is 1. The van der Waals surface area contributed by atoms with Crippen LogP contribution in [0.25, 0.3) is 0 Å². The minimum Gasteiger partial charge on any atom is -0.337 e. The summed E-state index contributed by atoms with van der Waals surface area (Å²) >= 11 is 0. The van der Waals surface area contributed by atoms with Crippen molar-refractivity contribution in [3.05, 3.63) is 23.3 Å². The molecule has 0 heterocycles. The molecule has 2 heteroatoms. The lowest BCUT2D eigenvalue weighted by molar-refractivity contribution is -0.136. The average Bonchev–Trinajstić information content (AvgIpc) is 2.44. The molecule has 1 amide bonds. The third kappa shape index (κ3) is 2.37. The third-order valence-electron chi connectivity index (χ3n) is 3.13. The number of nitrogens with zero attached hydrogens (tertiary/aromatic N) is 1. The molecule has 0 unspecified atom stereocenters. The van der Waals surface area contributed by atoms with Crippen molar-refractivity contribution in [3.63, 3.8) is 0 Å². The normalized spacial score (nSPS) is 16.8. The molecule has 0 radical (unpaired) electrons.